The van der Waals surface area contributed by atoms with Crippen LogP contribution in [0.2, 0.25) is 0 Å². The number of anilines is 1. The molecule has 2 aliphatic heterocycles. The molecule has 1 aromatic rings. The summed E-state index contributed by atoms with van der Waals surface area (Å²) in [4.78, 5) is 17.2. The van der Waals surface area contributed by atoms with Crippen molar-refractivity contribution in [2.75, 3.05) is 57.0 Å². The Hall–Kier alpha value is -1.84. The minimum Gasteiger partial charge on any atom is -0.465 e. The lowest BCUT2D eigenvalue weighted by molar-refractivity contribution is 0.0310. The maximum Gasteiger partial charge on any atom is 0.407 e. The Morgan fingerprint density at radius 3 is 2.14 bits per heavy atom. The molecule has 2 N–H and O–H groups in total. The number of carboxylic acid groups (broad SMARTS) is 1. The number of nitrogens with zero attached hydrogens (tertiary/aromatic N) is 3. The number of piperazine rings is 1. The maximum atomic E-state index is 11.6. The number of carbonyl (C=O) groups is 1. The summed E-state index contributed by atoms with van der Waals surface area (Å²) in [7, 11) is -3.18. The molecule has 0 bridgehead atoms. The first-order chi connectivity index (χ1) is 13.2. The number of hydrogen-bond acceptors (Lipinski definition) is 6. The Morgan fingerprint density at radius 1 is 1.07 bits per heavy atom. The van der Waals surface area contributed by atoms with Crippen LogP contribution >= 0.6 is 0 Å². The Labute approximate surface area is 166 Å². The smallest absolute Gasteiger partial charge is 0.407 e. The van der Waals surface area contributed by atoms with Crippen LogP contribution < -0.4 is 4.90 Å². The van der Waals surface area contributed by atoms with Crippen molar-refractivity contribution in [3.63, 3.8) is 0 Å². The molecule has 2 heterocycles. The fourth-order valence-corrected chi connectivity index (χ4v) is 4.61. The van der Waals surface area contributed by atoms with Crippen molar-refractivity contribution in [3.05, 3.63) is 24.3 Å². The lowest BCUT2D eigenvalue weighted by atomic mass is 9.91. The van der Waals surface area contributed by atoms with E-state index in [0.717, 1.165) is 31.9 Å². The van der Waals surface area contributed by atoms with Crippen LogP contribution in [0.5, 0.6) is 0 Å². The predicted molar refractivity (Wildman–Crippen MR) is 107 cm³/mol. The average molecular weight is 412 g/mol. The predicted octanol–water partition coefficient (Wildman–Crippen LogP) is 0.963. The minimum atomic E-state index is -3.18. The van der Waals surface area contributed by atoms with Crippen LogP contribution in [0.3, 0.4) is 0 Å². The quantitative estimate of drug-likeness (QED) is 0.744. The van der Waals surface area contributed by atoms with E-state index in [1.54, 1.807) is 12.1 Å². The fraction of sp³-hybridized carbons (Fsp3) is 0.632. The third-order valence-electron chi connectivity index (χ3n) is 5.80. The zero-order valence-corrected chi connectivity index (χ0v) is 17.0. The third kappa shape index (κ3) is 5.15. The molecule has 0 aliphatic carbocycles. The maximum absolute atomic E-state index is 11.6. The summed E-state index contributed by atoms with van der Waals surface area (Å²) in [5.41, 5.74) is 1.01. The summed E-state index contributed by atoms with van der Waals surface area (Å²) in [6, 6.07) is 6.98. The molecule has 156 valence electrons. The standard InChI is InChI=1S/C19H29N3O5S/c1-28(26,27)17-4-2-16(3-5-17)21-12-10-20(11-13-21)14-18(23)15-6-8-22(9-7-15)19(24)25/h2-5,15,18,23H,6-14H2,1H3,(H,24,25). The van der Waals surface area contributed by atoms with E-state index in [-0.39, 0.29) is 5.92 Å². The molecule has 0 radical (unpaired) electrons. The van der Waals surface area contributed by atoms with Gasteiger partial charge in [-0.1, -0.05) is 0 Å². The molecular formula is C19H29N3O5S. The van der Waals surface area contributed by atoms with Crippen molar-refractivity contribution >= 4 is 21.6 Å². The summed E-state index contributed by atoms with van der Waals surface area (Å²) in [6.07, 6.45) is 1.31. The molecule has 2 aliphatic rings. The van der Waals surface area contributed by atoms with Crippen molar-refractivity contribution < 1.29 is 23.4 Å². The number of aliphatic hydroxyl groups is 1. The Bertz CT molecular complexity index is 767. The van der Waals surface area contributed by atoms with Crippen LogP contribution in [0.4, 0.5) is 10.5 Å². The van der Waals surface area contributed by atoms with Crippen molar-refractivity contribution in [3.8, 4) is 0 Å². The van der Waals surface area contributed by atoms with Gasteiger partial charge in [0.05, 0.1) is 11.0 Å². The van der Waals surface area contributed by atoms with Crippen molar-refractivity contribution in [1.82, 2.24) is 9.80 Å². The van der Waals surface area contributed by atoms with Crippen LogP contribution in [-0.2, 0) is 9.84 Å². The van der Waals surface area contributed by atoms with Crippen LogP contribution in [-0.4, -0.2) is 92.7 Å². The zero-order valence-electron chi connectivity index (χ0n) is 16.2. The molecule has 1 atom stereocenters. The lowest BCUT2D eigenvalue weighted by Gasteiger charge is -2.39. The molecule has 8 nitrogen and oxygen atoms in total. The Kier molecular flexibility index (Phi) is 6.47. The van der Waals surface area contributed by atoms with Gasteiger partial charge in [0.2, 0.25) is 0 Å². The van der Waals surface area contributed by atoms with Gasteiger partial charge in [-0.15, -0.1) is 0 Å². The van der Waals surface area contributed by atoms with Gasteiger partial charge in [0, 0.05) is 57.8 Å². The van der Waals surface area contributed by atoms with Crippen LogP contribution in [0.15, 0.2) is 29.2 Å². The van der Waals surface area contributed by atoms with E-state index in [2.05, 4.69) is 9.80 Å². The number of sulfone groups is 1. The van der Waals surface area contributed by atoms with Gasteiger partial charge >= 0.3 is 6.09 Å². The number of likely N-dealkylation sites (tertiary alicyclic amines) is 1. The fourth-order valence-electron chi connectivity index (χ4n) is 3.98. The van der Waals surface area contributed by atoms with Gasteiger partial charge in [-0.25, -0.2) is 13.2 Å². The van der Waals surface area contributed by atoms with Crippen LogP contribution in [0, 0.1) is 5.92 Å². The molecular weight excluding hydrogens is 382 g/mol. The first-order valence-corrected chi connectivity index (χ1v) is 11.6. The van der Waals surface area contributed by atoms with Crippen LogP contribution in [0.1, 0.15) is 12.8 Å². The molecule has 1 amide bonds. The first kappa shape index (κ1) is 20.9. The summed E-state index contributed by atoms with van der Waals surface area (Å²) in [6.45, 7) is 4.91. The topological polar surface area (TPSA) is 101 Å². The average Bonchev–Trinajstić information content (AvgIpc) is 2.68. The molecule has 3 rings (SSSR count). The second-order valence-corrected chi connectivity index (χ2v) is 9.74. The van der Waals surface area contributed by atoms with Gasteiger partial charge in [-0.05, 0) is 43.0 Å². The molecule has 0 spiro atoms. The van der Waals surface area contributed by atoms with Crippen LogP contribution in [0.25, 0.3) is 0 Å². The van der Waals surface area contributed by atoms with E-state index in [1.165, 1.54) is 11.2 Å². The highest BCUT2D eigenvalue weighted by atomic mass is 32.2. The molecule has 2 saturated heterocycles. The summed E-state index contributed by atoms with van der Waals surface area (Å²) >= 11 is 0. The monoisotopic (exact) mass is 411 g/mol. The number of rotatable bonds is 5. The van der Waals surface area contributed by atoms with Gasteiger partial charge in [-0.2, -0.15) is 0 Å². The molecule has 28 heavy (non-hydrogen) atoms. The number of hydrogen-bond donors (Lipinski definition) is 2. The number of amides is 1. The Morgan fingerprint density at radius 2 is 1.64 bits per heavy atom. The molecule has 0 aromatic heterocycles. The van der Waals surface area contributed by atoms with E-state index in [0.29, 0.717) is 37.4 Å². The second kappa shape index (κ2) is 8.67. The molecule has 1 aromatic carbocycles. The van der Waals surface area contributed by atoms with E-state index in [9.17, 15) is 18.3 Å². The normalized spacial score (nSPS) is 20.9. The van der Waals surface area contributed by atoms with E-state index >= 15 is 0 Å². The largest absolute Gasteiger partial charge is 0.465 e. The summed E-state index contributed by atoms with van der Waals surface area (Å²) in [5.74, 6) is 0.150. The number of benzene rings is 1. The van der Waals surface area contributed by atoms with E-state index < -0.39 is 22.0 Å². The molecule has 0 saturated carbocycles. The molecule has 1 unspecified atom stereocenters. The summed E-state index contributed by atoms with van der Waals surface area (Å²) in [5, 5.41) is 19.6. The first-order valence-electron chi connectivity index (χ1n) is 9.67. The highest BCUT2D eigenvalue weighted by Gasteiger charge is 2.29. The van der Waals surface area contributed by atoms with Gasteiger partial charge in [-0.3, -0.25) is 4.90 Å². The zero-order chi connectivity index (χ0) is 20.3. The number of β-amino-alcohol motifs (C(OH)–C–C–N with tert-alkyl or cyclic N) is 1. The highest BCUT2D eigenvalue weighted by molar-refractivity contribution is 7.90. The molecule has 9 heteroatoms. The van der Waals surface area contributed by atoms with Crippen molar-refractivity contribution in [2.45, 2.75) is 23.8 Å². The van der Waals surface area contributed by atoms with E-state index in [4.69, 9.17) is 5.11 Å². The minimum absolute atomic E-state index is 0.150. The lowest BCUT2D eigenvalue weighted by Crippen LogP contribution is -2.50. The van der Waals surface area contributed by atoms with Crippen molar-refractivity contribution in [1.29, 1.82) is 0 Å². The van der Waals surface area contributed by atoms with E-state index in [1.807, 2.05) is 12.1 Å². The second-order valence-electron chi connectivity index (χ2n) is 7.73. The summed E-state index contributed by atoms with van der Waals surface area (Å²) < 4.78 is 23.1. The Balaban J connectivity index is 1.46. The molecule has 2 fully saturated rings. The SMILES string of the molecule is CS(=O)(=O)c1ccc(N2CCN(CC(O)C3CCN(C(=O)O)CC3)CC2)cc1. The van der Waals surface area contributed by atoms with Gasteiger partial charge in [0.15, 0.2) is 9.84 Å². The van der Waals surface area contributed by atoms with Crippen molar-refractivity contribution in [2.24, 2.45) is 5.92 Å². The van der Waals surface area contributed by atoms with Gasteiger partial charge in [0.25, 0.3) is 0 Å². The number of aliphatic hydroxyl groups excluding tert-OH is 1. The van der Waals surface area contributed by atoms with Gasteiger partial charge < -0.3 is 20.0 Å². The van der Waals surface area contributed by atoms with Gasteiger partial charge in [0.1, 0.15) is 0 Å². The highest BCUT2D eigenvalue weighted by Crippen LogP contribution is 2.23. The number of piperidine rings is 1. The third-order valence-corrected chi connectivity index (χ3v) is 6.93.